The van der Waals surface area contributed by atoms with Crippen molar-refractivity contribution in [1.29, 1.82) is 0 Å². The molecule has 2 fully saturated rings. The van der Waals surface area contributed by atoms with Gasteiger partial charge in [-0.2, -0.15) is 4.99 Å². The average molecular weight is 330 g/mol. The number of aromatic amines is 1. The second-order valence-corrected chi connectivity index (χ2v) is 7.03. The van der Waals surface area contributed by atoms with E-state index < -0.39 is 0 Å². The molecule has 0 radical (unpaired) electrons. The Morgan fingerprint density at radius 2 is 2.39 bits per heavy atom. The number of rotatable bonds is 2. The number of carbonyl (C=O) groups is 1. The van der Waals surface area contributed by atoms with Crippen molar-refractivity contribution in [1.82, 2.24) is 14.9 Å². The van der Waals surface area contributed by atoms with E-state index in [2.05, 4.69) is 19.9 Å². The highest BCUT2D eigenvalue weighted by Crippen LogP contribution is 2.30. The summed E-state index contributed by atoms with van der Waals surface area (Å²) in [5.74, 6) is 0.700. The molecule has 1 saturated heterocycles. The molecule has 2 aromatic rings. The van der Waals surface area contributed by atoms with Crippen LogP contribution in [0.2, 0.25) is 0 Å². The summed E-state index contributed by atoms with van der Waals surface area (Å²) in [4.78, 5) is 26.3. The third-order valence-corrected chi connectivity index (χ3v) is 5.48. The number of pyridine rings is 1. The van der Waals surface area contributed by atoms with Gasteiger partial charge in [0.2, 0.25) is 0 Å². The normalized spacial score (nSPS) is 26.5. The van der Waals surface area contributed by atoms with Gasteiger partial charge >= 0.3 is 0 Å². The molecule has 0 bridgehead atoms. The Bertz CT molecular complexity index is 772. The second kappa shape index (κ2) is 5.98. The number of carbonyl (C=O) groups excluding carboxylic acids is 1. The van der Waals surface area contributed by atoms with Gasteiger partial charge in [-0.3, -0.25) is 4.79 Å². The summed E-state index contributed by atoms with van der Waals surface area (Å²) in [6.45, 7) is 0.892. The molecule has 1 aliphatic carbocycles. The topological polar surface area (TPSA) is 81.6 Å². The summed E-state index contributed by atoms with van der Waals surface area (Å²) in [6.07, 6.45) is 5.71. The first kappa shape index (κ1) is 14.7. The van der Waals surface area contributed by atoms with Crippen LogP contribution < -0.4 is 0 Å². The van der Waals surface area contributed by atoms with E-state index in [4.69, 9.17) is 0 Å². The Morgan fingerprint density at radius 3 is 3.22 bits per heavy atom. The molecule has 1 saturated carbocycles. The van der Waals surface area contributed by atoms with Crippen molar-refractivity contribution in [3.05, 3.63) is 30.1 Å². The van der Waals surface area contributed by atoms with Crippen molar-refractivity contribution in [2.75, 3.05) is 12.3 Å². The van der Waals surface area contributed by atoms with Gasteiger partial charge < -0.3 is 15.0 Å². The van der Waals surface area contributed by atoms with Crippen LogP contribution in [0, 0.1) is 0 Å². The number of amidine groups is 1. The molecule has 7 heteroatoms. The molecule has 120 valence electrons. The summed E-state index contributed by atoms with van der Waals surface area (Å²) in [7, 11) is 0. The molecule has 6 nitrogen and oxygen atoms in total. The van der Waals surface area contributed by atoms with Crippen LogP contribution in [0.4, 0.5) is 0 Å². The SMILES string of the molecule is O=C(N=C1SCCN1C1CCC(O)C1)c1c[nH]c2ncccc12. The second-order valence-electron chi connectivity index (χ2n) is 5.96. The van der Waals surface area contributed by atoms with Gasteiger partial charge in [-0.25, -0.2) is 4.98 Å². The standard InChI is InChI=1S/C16H18N4O2S/c21-11-4-3-10(8-11)20-6-7-23-16(20)19-15(22)13-9-18-14-12(13)2-1-5-17-14/h1-2,5,9-11,21H,3-4,6-8H2,(H,17,18). The van der Waals surface area contributed by atoms with E-state index in [1.165, 1.54) is 0 Å². The number of H-pyrrole nitrogens is 1. The molecule has 3 heterocycles. The molecule has 4 rings (SSSR count). The van der Waals surface area contributed by atoms with E-state index in [-0.39, 0.29) is 12.0 Å². The Morgan fingerprint density at radius 1 is 1.48 bits per heavy atom. The van der Waals surface area contributed by atoms with Gasteiger partial charge in [-0.15, -0.1) is 0 Å². The van der Waals surface area contributed by atoms with E-state index in [9.17, 15) is 9.90 Å². The highest BCUT2D eigenvalue weighted by Gasteiger charge is 2.33. The number of aliphatic hydroxyl groups excluding tert-OH is 1. The van der Waals surface area contributed by atoms with Gasteiger partial charge in [0.15, 0.2) is 5.17 Å². The number of aliphatic hydroxyl groups is 1. The third-order valence-electron chi connectivity index (χ3n) is 4.51. The van der Waals surface area contributed by atoms with E-state index in [0.717, 1.165) is 42.1 Å². The molecule has 23 heavy (non-hydrogen) atoms. The lowest BCUT2D eigenvalue weighted by Crippen LogP contribution is -2.35. The predicted octanol–water partition coefficient (Wildman–Crippen LogP) is 2.02. The van der Waals surface area contributed by atoms with Crippen molar-refractivity contribution in [3.8, 4) is 0 Å². The highest BCUT2D eigenvalue weighted by molar-refractivity contribution is 8.14. The van der Waals surface area contributed by atoms with Crippen LogP contribution in [0.25, 0.3) is 11.0 Å². The fraction of sp³-hybridized carbons (Fsp3) is 0.438. The number of hydrogen-bond acceptors (Lipinski definition) is 4. The molecule has 0 aromatic carbocycles. The summed E-state index contributed by atoms with van der Waals surface area (Å²) in [5.41, 5.74) is 1.26. The van der Waals surface area contributed by atoms with Crippen LogP contribution >= 0.6 is 11.8 Å². The Labute approximate surface area is 138 Å². The van der Waals surface area contributed by atoms with Gasteiger partial charge in [0, 0.05) is 36.1 Å². The first-order valence-corrected chi connectivity index (χ1v) is 8.83. The van der Waals surface area contributed by atoms with Crippen LogP contribution in [-0.2, 0) is 0 Å². The number of aromatic nitrogens is 2. The minimum Gasteiger partial charge on any atom is -0.393 e. The number of thioether (sulfide) groups is 1. The van der Waals surface area contributed by atoms with E-state index >= 15 is 0 Å². The van der Waals surface area contributed by atoms with Gasteiger partial charge in [0.05, 0.1) is 11.7 Å². The molecule has 1 amide bonds. The molecule has 1 aliphatic heterocycles. The number of amides is 1. The largest absolute Gasteiger partial charge is 0.393 e. The minimum absolute atomic E-state index is 0.220. The molecule has 2 unspecified atom stereocenters. The van der Waals surface area contributed by atoms with Crippen molar-refractivity contribution < 1.29 is 9.90 Å². The Balaban J connectivity index is 1.60. The first-order chi connectivity index (χ1) is 11.2. The average Bonchev–Trinajstić information content (AvgIpc) is 3.25. The van der Waals surface area contributed by atoms with Gasteiger partial charge in [-0.05, 0) is 31.4 Å². The highest BCUT2D eigenvalue weighted by atomic mass is 32.2. The van der Waals surface area contributed by atoms with Crippen molar-refractivity contribution >= 4 is 33.9 Å². The molecule has 2 aliphatic rings. The summed E-state index contributed by atoms with van der Waals surface area (Å²) in [6, 6.07) is 3.99. The fourth-order valence-corrected chi connectivity index (χ4v) is 4.37. The van der Waals surface area contributed by atoms with Crippen molar-refractivity contribution in [3.63, 3.8) is 0 Å². The Kier molecular flexibility index (Phi) is 3.82. The maximum atomic E-state index is 12.6. The molecule has 0 spiro atoms. The molecular weight excluding hydrogens is 312 g/mol. The number of hydrogen-bond donors (Lipinski definition) is 2. The lowest BCUT2D eigenvalue weighted by atomic mass is 10.2. The van der Waals surface area contributed by atoms with Crippen LogP contribution in [0.5, 0.6) is 0 Å². The number of fused-ring (bicyclic) bond motifs is 1. The monoisotopic (exact) mass is 330 g/mol. The van der Waals surface area contributed by atoms with E-state index in [1.807, 2.05) is 12.1 Å². The van der Waals surface area contributed by atoms with Crippen molar-refractivity contribution in [2.24, 2.45) is 4.99 Å². The van der Waals surface area contributed by atoms with Crippen LogP contribution in [0.1, 0.15) is 29.6 Å². The van der Waals surface area contributed by atoms with Gasteiger partial charge in [0.1, 0.15) is 5.65 Å². The van der Waals surface area contributed by atoms with Gasteiger partial charge in [-0.1, -0.05) is 11.8 Å². The molecule has 2 aromatic heterocycles. The third kappa shape index (κ3) is 2.74. The summed E-state index contributed by atoms with van der Waals surface area (Å²) >= 11 is 1.62. The predicted molar refractivity (Wildman–Crippen MR) is 90.7 cm³/mol. The smallest absolute Gasteiger partial charge is 0.281 e. The first-order valence-electron chi connectivity index (χ1n) is 7.85. The summed E-state index contributed by atoms with van der Waals surface area (Å²) < 4.78 is 0. The lowest BCUT2D eigenvalue weighted by molar-refractivity contribution is 0.100. The maximum Gasteiger partial charge on any atom is 0.281 e. The van der Waals surface area contributed by atoms with E-state index in [1.54, 1.807) is 24.2 Å². The maximum absolute atomic E-state index is 12.6. The minimum atomic E-state index is -0.239. The number of nitrogens with zero attached hydrogens (tertiary/aromatic N) is 3. The summed E-state index contributed by atoms with van der Waals surface area (Å²) in [5, 5.41) is 11.3. The number of aliphatic imine (C=N–C) groups is 1. The van der Waals surface area contributed by atoms with Crippen LogP contribution in [0.3, 0.4) is 0 Å². The van der Waals surface area contributed by atoms with Crippen LogP contribution in [-0.4, -0.2) is 55.5 Å². The van der Waals surface area contributed by atoms with Gasteiger partial charge in [0.25, 0.3) is 5.91 Å². The molecule has 2 atom stereocenters. The zero-order valence-electron chi connectivity index (χ0n) is 12.6. The zero-order valence-corrected chi connectivity index (χ0v) is 13.4. The van der Waals surface area contributed by atoms with Crippen LogP contribution in [0.15, 0.2) is 29.5 Å². The molecule has 2 N–H and O–H groups in total. The number of nitrogens with one attached hydrogen (secondary N) is 1. The molecular formula is C16H18N4O2S. The quantitative estimate of drug-likeness (QED) is 0.880. The van der Waals surface area contributed by atoms with Crippen molar-refractivity contribution in [2.45, 2.75) is 31.4 Å². The lowest BCUT2D eigenvalue weighted by Gasteiger charge is -2.25. The zero-order chi connectivity index (χ0) is 15.8. The fourth-order valence-electron chi connectivity index (χ4n) is 3.35. The Hall–Kier alpha value is -1.86. The van der Waals surface area contributed by atoms with E-state index in [0.29, 0.717) is 17.3 Å².